The van der Waals surface area contributed by atoms with Crippen molar-refractivity contribution in [3.8, 4) is 0 Å². The average Bonchev–Trinajstić information content (AvgIpc) is 2.79. The maximum atomic E-state index is 12.0. The lowest BCUT2D eigenvalue weighted by molar-refractivity contribution is 0.320. The molecule has 1 saturated heterocycles. The molecule has 1 unspecified atom stereocenters. The fourth-order valence-corrected chi connectivity index (χ4v) is 4.01. The summed E-state index contributed by atoms with van der Waals surface area (Å²) in [5, 5.41) is 3.23. The fourth-order valence-electron chi connectivity index (χ4n) is 2.47. The van der Waals surface area contributed by atoms with E-state index in [2.05, 4.69) is 30.8 Å². The van der Waals surface area contributed by atoms with Crippen LogP contribution in [0.5, 0.6) is 0 Å². The lowest BCUT2D eigenvalue weighted by Crippen LogP contribution is -2.40. The SMILES string of the molecule is CCCCCC(C)(C)CNS(=O)(=O)CC1CCCN1. The van der Waals surface area contributed by atoms with E-state index in [4.69, 9.17) is 0 Å². The standard InChI is InChI=1S/C14H30N2O2S/c1-4-5-6-9-14(2,3)12-16-19(17,18)11-13-8-7-10-15-13/h13,15-16H,4-12H2,1-3H3. The zero-order valence-corrected chi connectivity index (χ0v) is 13.5. The first-order chi connectivity index (χ1) is 8.85. The lowest BCUT2D eigenvalue weighted by atomic mass is 9.87. The molecule has 0 spiro atoms. The van der Waals surface area contributed by atoms with Crippen LogP contribution in [0.3, 0.4) is 0 Å². The Hall–Kier alpha value is -0.130. The minimum Gasteiger partial charge on any atom is -0.313 e. The molecule has 1 atom stereocenters. The number of unbranched alkanes of at least 4 members (excludes halogenated alkanes) is 2. The molecule has 1 rings (SSSR count). The number of rotatable bonds is 9. The molecule has 0 saturated carbocycles. The highest BCUT2D eigenvalue weighted by Gasteiger charge is 2.24. The van der Waals surface area contributed by atoms with Gasteiger partial charge in [0.15, 0.2) is 0 Å². The molecule has 0 amide bonds. The van der Waals surface area contributed by atoms with E-state index in [1.54, 1.807) is 0 Å². The van der Waals surface area contributed by atoms with Crippen molar-refractivity contribution in [3.63, 3.8) is 0 Å². The molecule has 4 nitrogen and oxygen atoms in total. The molecule has 0 aromatic rings. The van der Waals surface area contributed by atoms with Gasteiger partial charge in [-0.3, -0.25) is 0 Å². The second-order valence-electron chi connectivity index (χ2n) is 6.52. The van der Waals surface area contributed by atoms with Crippen molar-refractivity contribution in [2.24, 2.45) is 5.41 Å². The van der Waals surface area contributed by atoms with Crippen LogP contribution in [0.1, 0.15) is 59.3 Å². The Morgan fingerprint density at radius 1 is 1.32 bits per heavy atom. The van der Waals surface area contributed by atoms with Crippen LogP contribution in [0.25, 0.3) is 0 Å². The van der Waals surface area contributed by atoms with Crippen LogP contribution < -0.4 is 10.0 Å². The maximum Gasteiger partial charge on any atom is 0.213 e. The van der Waals surface area contributed by atoms with Crippen LogP contribution in [0.4, 0.5) is 0 Å². The van der Waals surface area contributed by atoms with Gasteiger partial charge in [-0.2, -0.15) is 0 Å². The van der Waals surface area contributed by atoms with Gasteiger partial charge in [-0.1, -0.05) is 40.0 Å². The molecule has 1 heterocycles. The average molecular weight is 290 g/mol. The molecular formula is C14H30N2O2S. The summed E-state index contributed by atoms with van der Waals surface area (Å²) in [6.07, 6.45) is 6.74. The monoisotopic (exact) mass is 290 g/mol. The number of hydrogen-bond acceptors (Lipinski definition) is 3. The first-order valence-corrected chi connectivity index (χ1v) is 9.20. The summed E-state index contributed by atoms with van der Waals surface area (Å²) in [4.78, 5) is 0. The van der Waals surface area contributed by atoms with E-state index >= 15 is 0 Å². The van der Waals surface area contributed by atoms with Gasteiger partial charge in [-0.25, -0.2) is 13.1 Å². The largest absolute Gasteiger partial charge is 0.313 e. The number of nitrogens with one attached hydrogen (secondary N) is 2. The van der Waals surface area contributed by atoms with E-state index in [1.165, 1.54) is 19.3 Å². The lowest BCUT2D eigenvalue weighted by Gasteiger charge is -2.25. The molecule has 0 radical (unpaired) electrons. The molecule has 1 fully saturated rings. The van der Waals surface area contributed by atoms with Crippen molar-refractivity contribution < 1.29 is 8.42 Å². The molecule has 1 aliphatic rings. The Morgan fingerprint density at radius 2 is 2.05 bits per heavy atom. The Kier molecular flexibility index (Phi) is 6.77. The summed E-state index contributed by atoms with van der Waals surface area (Å²) in [6, 6.07) is 0.140. The molecule has 0 aliphatic carbocycles. The van der Waals surface area contributed by atoms with Crippen LogP contribution >= 0.6 is 0 Å². The third-order valence-electron chi connectivity index (χ3n) is 3.81. The van der Waals surface area contributed by atoms with E-state index in [9.17, 15) is 8.42 Å². The highest BCUT2D eigenvalue weighted by atomic mass is 32.2. The molecule has 2 N–H and O–H groups in total. The van der Waals surface area contributed by atoms with Gasteiger partial charge in [0.2, 0.25) is 10.0 Å². The minimum atomic E-state index is -3.14. The van der Waals surface area contributed by atoms with E-state index in [0.717, 1.165) is 25.8 Å². The summed E-state index contributed by atoms with van der Waals surface area (Å²) in [7, 11) is -3.14. The van der Waals surface area contributed by atoms with Gasteiger partial charge in [0, 0.05) is 12.6 Å². The second kappa shape index (κ2) is 7.60. The molecule has 5 heteroatoms. The normalized spacial score (nSPS) is 20.9. The third kappa shape index (κ3) is 7.28. The number of sulfonamides is 1. The van der Waals surface area contributed by atoms with Crippen molar-refractivity contribution in [1.82, 2.24) is 10.0 Å². The van der Waals surface area contributed by atoms with Crippen molar-refractivity contribution in [2.45, 2.75) is 65.3 Å². The van der Waals surface area contributed by atoms with Crippen molar-refractivity contribution in [1.29, 1.82) is 0 Å². The van der Waals surface area contributed by atoms with E-state index in [0.29, 0.717) is 6.54 Å². The first-order valence-electron chi connectivity index (χ1n) is 7.55. The zero-order chi connectivity index (χ0) is 14.4. The van der Waals surface area contributed by atoms with Crippen LogP contribution in [-0.4, -0.2) is 33.3 Å². The van der Waals surface area contributed by atoms with E-state index < -0.39 is 10.0 Å². The Bertz CT molecular complexity index is 346. The van der Waals surface area contributed by atoms with Crippen molar-refractivity contribution in [2.75, 3.05) is 18.8 Å². The molecular weight excluding hydrogens is 260 g/mol. The minimum absolute atomic E-state index is 0.0470. The summed E-state index contributed by atoms with van der Waals surface area (Å²) in [6.45, 7) is 7.96. The molecule has 1 aliphatic heterocycles. The van der Waals surface area contributed by atoms with Crippen LogP contribution in [-0.2, 0) is 10.0 Å². The van der Waals surface area contributed by atoms with Gasteiger partial charge in [-0.15, -0.1) is 0 Å². The van der Waals surface area contributed by atoms with Gasteiger partial charge < -0.3 is 5.32 Å². The molecule has 0 aromatic carbocycles. The molecule has 114 valence electrons. The van der Waals surface area contributed by atoms with E-state index in [1.807, 2.05) is 0 Å². The van der Waals surface area contributed by atoms with Gasteiger partial charge in [0.05, 0.1) is 5.75 Å². The van der Waals surface area contributed by atoms with Gasteiger partial charge in [0.1, 0.15) is 0 Å². The Labute approximate surface area is 118 Å². The predicted molar refractivity (Wildman–Crippen MR) is 80.7 cm³/mol. The highest BCUT2D eigenvalue weighted by molar-refractivity contribution is 7.89. The summed E-state index contributed by atoms with van der Waals surface area (Å²) in [5.41, 5.74) is 0.0470. The van der Waals surface area contributed by atoms with Crippen molar-refractivity contribution >= 4 is 10.0 Å². The molecule has 0 aromatic heterocycles. The fraction of sp³-hybridized carbons (Fsp3) is 1.00. The van der Waals surface area contributed by atoms with Gasteiger partial charge >= 0.3 is 0 Å². The number of hydrogen-bond donors (Lipinski definition) is 2. The summed E-state index contributed by atoms with van der Waals surface area (Å²) in [5.74, 6) is 0.220. The predicted octanol–water partition coefficient (Wildman–Crippen LogP) is 2.26. The molecule has 0 bridgehead atoms. The van der Waals surface area contributed by atoms with Crippen LogP contribution in [0.15, 0.2) is 0 Å². The Morgan fingerprint density at radius 3 is 2.63 bits per heavy atom. The van der Waals surface area contributed by atoms with Crippen LogP contribution in [0, 0.1) is 5.41 Å². The zero-order valence-electron chi connectivity index (χ0n) is 12.7. The quantitative estimate of drug-likeness (QED) is 0.640. The first kappa shape index (κ1) is 16.9. The van der Waals surface area contributed by atoms with Gasteiger partial charge in [-0.05, 0) is 31.2 Å². The highest BCUT2D eigenvalue weighted by Crippen LogP contribution is 2.23. The van der Waals surface area contributed by atoms with Crippen LogP contribution in [0.2, 0.25) is 0 Å². The smallest absolute Gasteiger partial charge is 0.213 e. The topological polar surface area (TPSA) is 58.2 Å². The van der Waals surface area contributed by atoms with E-state index in [-0.39, 0.29) is 17.2 Å². The second-order valence-corrected chi connectivity index (χ2v) is 8.37. The summed E-state index contributed by atoms with van der Waals surface area (Å²) < 4.78 is 26.8. The summed E-state index contributed by atoms with van der Waals surface area (Å²) >= 11 is 0. The Balaban J connectivity index is 2.32. The van der Waals surface area contributed by atoms with Crippen molar-refractivity contribution in [3.05, 3.63) is 0 Å². The molecule has 19 heavy (non-hydrogen) atoms. The maximum absolute atomic E-state index is 12.0. The third-order valence-corrected chi connectivity index (χ3v) is 5.24. The van der Waals surface area contributed by atoms with Gasteiger partial charge in [0.25, 0.3) is 0 Å².